The second-order valence-corrected chi connectivity index (χ2v) is 7.88. The Morgan fingerprint density at radius 3 is 2.39 bits per heavy atom. The van der Waals surface area contributed by atoms with E-state index in [9.17, 15) is 19.7 Å². The van der Waals surface area contributed by atoms with Crippen molar-refractivity contribution in [1.29, 1.82) is 0 Å². The van der Waals surface area contributed by atoms with Crippen molar-refractivity contribution in [2.45, 2.75) is 52.7 Å². The van der Waals surface area contributed by atoms with Crippen LogP contribution in [0.2, 0.25) is 0 Å². The minimum atomic E-state index is -0.720. The van der Waals surface area contributed by atoms with Gasteiger partial charge in [-0.15, -0.1) is 0 Å². The number of benzene rings is 2. The summed E-state index contributed by atoms with van der Waals surface area (Å²) in [6.45, 7) is 7.42. The molecule has 1 N–H and O–H groups in total. The van der Waals surface area contributed by atoms with Gasteiger partial charge in [-0.2, -0.15) is 0 Å². The molecule has 0 fully saturated rings. The smallest absolute Gasteiger partial charge is 0.311 e. The van der Waals surface area contributed by atoms with E-state index >= 15 is 0 Å². The summed E-state index contributed by atoms with van der Waals surface area (Å²) in [6.07, 6.45) is 0.773. The maximum atomic E-state index is 13.1. The molecule has 2 atom stereocenters. The third kappa shape index (κ3) is 7.20. The van der Waals surface area contributed by atoms with Gasteiger partial charge in [-0.05, 0) is 38.8 Å². The third-order valence-corrected chi connectivity index (χ3v) is 5.35. The number of aryl methyl sites for hydroxylation is 1. The molecule has 0 aliphatic carbocycles. The molecule has 2 aromatic rings. The zero-order valence-corrected chi connectivity index (χ0v) is 19.7. The van der Waals surface area contributed by atoms with Crippen LogP contribution in [0.15, 0.2) is 42.5 Å². The monoisotopic (exact) mass is 457 g/mol. The molecule has 9 nitrogen and oxygen atoms in total. The topological polar surface area (TPSA) is 111 Å². The Balaban J connectivity index is 2.19. The van der Waals surface area contributed by atoms with Gasteiger partial charge in [-0.3, -0.25) is 19.7 Å². The molecule has 9 heteroatoms. The van der Waals surface area contributed by atoms with Crippen LogP contribution in [0.25, 0.3) is 0 Å². The first-order valence-corrected chi connectivity index (χ1v) is 10.8. The molecule has 0 saturated heterocycles. The van der Waals surface area contributed by atoms with Crippen LogP contribution >= 0.6 is 0 Å². The lowest BCUT2D eigenvalue weighted by Crippen LogP contribution is -2.50. The molecule has 0 saturated carbocycles. The van der Waals surface area contributed by atoms with Gasteiger partial charge >= 0.3 is 5.69 Å². The summed E-state index contributed by atoms with van der Waals surface area (Å²) >= 11 is 0. The summed E-state index contributed by atoms with van der Waals surface area (Å²) < 4.78 is 10.6. The number of hydrogen-bond donors (Lipinski definition) is 1. The molecule has 0 unspecified atom stereocenters. The number of nitro benzene ring substituents is 1. The normalized spacial score (nSPS) is 12.4. The lowest BCUT2D eigenvalue weighted by Gasteiger charge is -2.29. The minimum Gasteiger partial charge on any atom is -0.490 e. The number of ether oxygens (including phenoxy) is 2. The van der Waals surface area contributed by atoms with Crippen LogP contribution in [0.1, 0.15) is 38.3 Å². The van der Waals surface area contributed by atoms with Gasteiger partial charge in [-0.1, -0.05) is 36.8 Å². The molecule has 0 aliphatic heterocycles. The Morgan fingerprint density at radius 1 is 1.15 bits per heavy atom. The highest BCUT2D eigenvalue weighted by Gasteiger charge is 2.27. The van der Waals surface area contributed by atoms with Gasteiger partial charge in [0.25, 0.3) is 5.91 Å². The maximum Gasteiger partial charge on any atom is 0.311 e. The van der Waals surface area contributed by atoms with Gasteiger partial charge in [0.05, 0.1) is 12.0 Å². The molecule has 0 bridgehead atoms. The quantitative estimate of drug-likeness (QED) is 0.408. The highest BCUT2D eigenvalue weighted by molar-refractivity contribution is 5.88. The van der Waals surface area contributed by atoms with E-state index in [1.165, 1.54) is 30.2 Å². The van der Waals surface area contributed by atoms with Crippen molar-refractivity contribution in [2.24, 2.45) is 0 Å². The number of carbonyl (C=O) groups is 2. The van der Waals surface area contributed by atoms with E-state index in [-0.39, 0.29) is 48.2 Å². The molecule has 0 radical (unpaired) electrons. The van der Waals surface area contributed by atoms with Crippen LogP contribution in [0.4, 0.5) is 5.69 Å². The number of rotatable bonds is 11. The van der Waals surface area contributed by atoms with Crippen LogP contribution in [0, 0.1) is 17.0 Å². The summed E-state index contributed by atoms with van der Waals surface area (Å²) in [7, 11) is 1.32. The van der Waals surface area contributed by atoms with E-state index in [4.69, 9.17) is 9.47 Å². The first-order valence-electron chi connectivity index (χ1n) is 10.8. The first-order chi connectivity index (χ1) is 15.7. The number of hydrogen-bond acceptors (Lipinski definition) is 6. The second kappa shape index (κ2) is 11.8. The van der Waals surface area contributed by atoms with Crippen molar-refractivity contribution in [2.75, 3.05) is 13.7 Å². The van der Waals surface area contributed by atoms with Crippen molar-refractivity contribution in [3.05, 3.63) is 63.7 Å². The van der Waals surface area contributed by atoms with E-state index in [0.29, 0.717) is 0 Å². The molecule has 2 aromatic carbocycles. The number of amides is 2. The summed E-state index contributed by atoms with van der Waals surface area (Å²) in [5.74, 6) is -0.359. The molecule has 0 aromatic heterocycles. The molecule has 33 heavy (non-hydrogen) atoms. The highest BCUT2D eigenvalue weighted by atomic mass is 16.6. The van der Waals surface area contributed by atoms with Crippen molar-refractivity contribution >= 4 is 17.5 Å². The Kier molecular flexibility index (Phi) is 9.20. The lowest BCUT2D eigenvalue weighted by molar-refractivity contribution is -0.385. The largest absolute Gasteiger partial charge is 0.490 e. The fourth-order valence-electron chi connectivity index (χ4n) is 3.06. The van der Waals surface area contributed by atoms with Gasteiger partial charge in [0.1, 0.15) is 11.8 Å². The highest BCUT2D eigenvalue weighted by Crippen LogP contribution is 2.30. The van der Waals surface area contributed by atoms with Crippen LogP contribution in [-0.2, 0) is 16.1 Å². The van der Waals surface area contributed by atoms with Crippen LogP contribution in [0.5, 0.6) is 11.5 Å². The predicted octanol–water partition coefficient (Wildman–Crippen LogP) is 3.62. The third-order valence-electron chi connectivity index (χ3n) is 5.35. The van der Waals surface area contributed by atoms with Gasteiger partial charge in [0.2, 0.25) is 11.7 Å². The number of carbonyl (C=O) groups excluding carboxylic acids is 2. The Labute approximate surface area is 193 Å². The fourth-order valence-corrected chi connectivity index (χ4v) is 3.06. The Hall–Kier alpha value is -3.62. The average Bonchev–Trinajstić information content (AvgIpc) is 2.81. The number of methoxy groups -OCH3 is 1. The van der Waals surface area contributed by atoms with Crippen molar-refractivity contribution in [3.8, 4) is 11.5 Å². The number of nitrogens with zero attached hydrogens (tertiary/aromatic N) is 2. The molecule has 2 amide bonds. The molecule has 0 heterocycles. The molecule has 0 aliphatic rings. The Morgan fingerprint density at radius 2 is 1.82 bits per heavy atom. The predicted molar refractivity (Wildman–Crippen MR) is 124 cm³/mol. The Bertz CT molecular complexity index is 977. The zero-order chi connectivity index (χ0) is 24.5. The number of nitrogens with one attached hydrogen (secondary N) is 1. The SMILES string of the molecule is CC[C@@H](C)NC(=O)[C@@H](C)N(Cc1ccc(C)cc1)C(=O)COc1ccc([N+](=O)[O-])c(OC)c1. The molecule has 178 valence electrons. The van der Waals surface area contributed by atoms with Crippen LogP contribution < -0.4 is 14.8 Å². The van der Waals surface area contributed by atoms with Crippen LogP contribution in [0.3, 0.4) is 0 Å². The van der Waals surface area contributed by atoms with E-state index in [1.807, 2.05) is 45.0 Å². The average molecular weight is 458 g/mol. The molecule has 0 spiro atoms. The molecule has 2 rings (SSSR count). The van der Waals surface area contributed by atoms with Crippen molar-refractivity contribution < 1.29 is 24.0 Å². The lowest BCUT2D eigenvalue weighted by atomic mass is 10.1. The van der Waals surface area contributed by atoms with Gasteiger partial charge < -0.3 is 19.7 Å². The zero-order valence-electron chi connectivity index (χ0n) is 19.7. The standard InChI is InChI=1S/C24H31N3O6/c1-6-17(3)25-24(29)18(4)26(14-19-9-7-16(2)8-10-19)23(28)15-33-20-11-12-21(27(30)31)22(13-20)32-5/h7-13,17-18H,6,14-15H2,1-5H3,(H,25,29)/t17-,18-/m1/s1. The summed E-state index contributed by atoms with van der Waals surface area (Å²) in [4.78, 5) is 37.8. The van der Waals surface area contributed by atoms with Gasteiger partial charge in [0.15, 0.2) is 6.61 Å². The van der Waals surface area contributed by atoms with Crippen molar-refractivity contribution in [1.82, 2.24) is 10.2 Å². The van der Waals surface area contributed by atoms with Crippen LogP contribution in [-0.4, -0.2) is 47.4 Å². The van der Waals surface area contributed by atoms with E-state index in [2.05, 4.69) is 5.32 Å². The number of nitro groups is 1. The first kappa shape index (κ1) is 25.6. The summed E-state index contributed by atoms with van der Waals surface area (Å²) in [5.41, 5.74) is 1.77. The van der Waals surface area contributed by atoms with Gasteiger partial charge in [0, 0.05) is 24.7 Å². The summed E-state index contributed by atoms with van der Waals surface area (Å²) in [5, 5.41) is 14.0. The van der Waals surface area contributed by atoms with E-state index < -0.39 is 11.0 Å². The maximum absolute atomic E-state index is 13.1. The molecular weight excluding hydrogens is 426 g/mol. The fraction of sp³-hybridized carbons (Fsp3) is 0.417. The van der Waals surface area contributed by atoms with E-state index in [0.717, 1.165) is 17.5 Å². The second-order valence-electron chi connectivity index (χ2n) is 7.88. The minimum absolute atomic E-state index is 0.0138. The summed E-state index contributed by atoms with van der Waals surface area (Å²) in [6, 6.07) is 11.0. The molecular formula is C24H31N3O6. The van der Waals surface area contributed by atoms with Gasteiger partial charge in [-0.25, -0.2) is 0 Å². The van der Waals surface area contributed by atoms with Crippen molar-refractivity contribution in [3.63, 3.8) is 0 Å². The van der Waals surface area contributed by atoms with E-state index in [1.54, 1.807) is 6.92 Å².